The van der Waals surface area contributed by atoms with Gasteiger partial charge in [0.25, 0.3) is 5.91 Å². The zero-order valence-corrected chi connectivity index (χ0v) is 18.6. The largest absolute Gasteiger partial charge is 0.381 e. The molecule has 0 unspecified atom stereocenters. The van der Waals surface area contributed by atoms with Crippen LogP contribution in [0.3, 0.4) is 0 Å². The van der Waals surface area contributed by atoms with Gasteiger partial charge in [-0.1, -0.05) is 6.07 Å². The van der Waals surface area contributed by atoms with Gasteiger partial charge in [0.15, 0.2) is 0 Å². The van der Waals surface area contributed by atoms with Crippen molar-refractivity contribution in [1.82, 2.24) is 9.97 Å². The maximum absolute atomic E-state index is 13.2. The van der Waals surface area contributed by atoms with Gasteiger partial charge in [-0.25, -0.2) is 4.98 Å². The molecule has 3 aromatic rings. The summed E-state index contributed by atoms with van der Waals surface area (Å²) in [4.78, 5) is 33.7. The normalized spacial score (nSPS) is 14.5. The predicted octanol–water partition coefficient (Wildman–Crippen LogP) is 4.20. The standard InChI is InChI=1S/C26H22N6O2/c1-15-11-30-23-7-4-17(18-8-21(13-28-12-18)32-25(33)16-2-3-16)9-22(23)24(15)26(34)31-20-6-5-19(10-27)29-14-20/h4-9,12-14,16,30H,2-3,11H2,1H3,(H,31,34)(H,32,33). The lowest BCUT2D eigenvalue weighted by Gasteiger charge is -2.23. The highest BCUT2D eigenvalue weighted by molar-refractivity contribution is 6.27. The first kappa shape index (κ1) is 21.3. The highest BCUT2D eigenvalue weighted by Gasteiger charge is 2.29. The summed E-state index contributed by atoms with van der Waals surface area (Å²) in [6.45, 7) is 2.48. The third kappa shape index (κ3) is 4.36. The van der Waals surface area contributed by atoms with Gasteiger partial charge in [-0.3, -0.25) is 14.6 Å². The lowest BCUT2D eigenvalue weighted by Crippen LogP contribution is -2.22. The van der Waals surface area contributed by atoms with Crippen LogP contribution in [0.4, 0.5) is 17.1 Å². The van der Waals surface area contributed by atoms with E-state index < -0.39 is 0 Å². The Labute approximate surface area is 196 Å². The summed E-state index contributed by atoms with van der Waals surface area (Å²) in [5.74, 6) is -0.102. The van der Waals surface area contributed by atoms with Crippen molar-refractivity contribution in [3.05, 3.63) is 71.8 Å². The van der Waals surface area contributed by atoms with Crippen LogP contribution in [0.25, 0.3) is 16.7 Å². The molecular formula is C26H22N6O2. The summed E-state index contributed by atoms with van der Waals surface area (Å²) in [6.07, 6.45) is 6.72. The molecule has 1 aliphatic heterocycles. The minimum atomic E-state index is -0.243. The summed E-state index contributed by atoms with van der Waals surface area (Å²) >= 11 is 0. The van der Waals surface area contributed by atoms with Crippen LogP contribution in [0.2, 0.25) is 0 Å². The molecule has 0 bridgehead atoms. The van der Waals surface area contributed by atoms with Crippen molar-refractivity contribution in [3.63, 3.8) is 0 Å². The van der Waals surface area contributed by atoms with Gasteiger partial charge in [0.2, 0.25) is 5.91 Å². The molecule has 2 aliphatic rings. The number of anilines is 3. The van der Waals surface area contributed by atoms with Gasteiger partial charge in [0.1, 0.15) is 11.8 Å². The van der Waals surface area contributed by atoms with Crippen LogP contribution in [0.1, 0.15) is 31.0 Å². The molecule has 0 radical (unpaired) electrons. The molecule has 8 heteroatoms. The average molecular weight is 451 g/mol. The Morgan fingerprint density at radius 1 is 1.03 bits per heavy atom. The first-order valence-electron chi connectivity index (χ1n) is 11.0. The molecule has 34 heavy (non-hydrogen) atoms. The summed E-state index contributed by atoms with van der Waals surface area (Å²) in [5.41, 5.74) is 6.34. The zero-order valence-electron chi connectivity index (χ0n) is 18.6. The average Bonchev–Trinajstić information content (AvgIpc) is 3.70. The van der Waals surface area contributed by atoms with Crippen molar-refractivity contribution in [2.24, 2.45) is 5.92 Å². The second-order valence-electron chi connectivity index (χ2n) is 8.49. The molecule has 3 heterocycles. The fourth-order valence-corrected chi connectivity index (χ4v) is 3.93. The third-order valence-electron chi connectivity index (χ3n) is 5.91. The predicted molar refractivity (Wildman–Crippen MR) is 130 cm³/mol. The van der Waals surface area contributed by atoms with Crippen LogP contribution in [0.15, 0.2) is 60.6 Å². The van der Waals surface area contributed by atoms with Crippen LogP contribution in [0.5, 0.6) is 0 Å². The van der Waals surface area contributed by atoms with Crippen LogP contribution >= 0.6 is 0 Å². The van der Waals surface area contributed by atoms with E-state index in [1.165, 1.54) is 6.20 Å². The maximum atomic E-state index is 13.2. The van der Waals surface area contributed by atoms with Crippen molar-refractivity contribution in [3.8, 4) is 17.2 Å². The number of carbonyl (C=O) groups is 2. The number of carbonyl (C=O) groups excluding carboxylic acids is 2. The van der Waals surface area contributed by atoms with Gasteiger partial charge < -0.3 is 16.0 Å². The topological polar surface area (TPSA) is 120 Å². The van der Waals surface area contributed by atoms with E-state index >= 15 is 0 Å². The number of nitrogens with one attached hydrogen (secondary N) is 3. The number of aromatic nitrogens is 2. The number of nitriles is 1. The fraction of sp³-hybridized carbons (Fsp3) is 0.192. The Bertz CT molecular complexity index is 1370. The Kier molecular flexibility index (Phi) is 5.52. The Morgan fingerprint density at radius 2 is 1.88 bits per heavy atom. The Balaban J connectivity index is 1.43. The first-order chi connectivity index (χ1) is 16.5. The monoisotopic (exact) mass is 450 g/mol. The minimum absolute atomic E-state index is 0.0309. The summed E-state index contributed by atoms with van der Waals surface area (Å²) in [5, 5.41) is 18.1. The number of pyridine rings is 2. The molecule has 0 spiro atoms. The summed E-state index contributed by atoms with van der Waals surface area (Å²) in [7, 11) is 0. The number of hydrogen-bond acceptors (Lipinski definition) is 6. The minimum Gasteiger partial charge on any atom is -0.381 e. The molecular weight excluding hydrogens is 428 g/mol. The van der Waals surface area contributed by atoms with Gasteiger partial charge >= 0.3 is 0 Å². The van der Waals surface area contributed by atoms with Crippen LogP contribution in [-0.4, -0.2) is 28.3 Å². The van der Waals surface area contributed by atoms with Gasteiger partial charge in [-0.05, 0) is 61.2 Å². The summed E-state index contributed by atoms with van der Waals surface area (Å²) < 4.78 is 0. The Morgan fingerprint density at radius 3 is 2.62 bits per heavy atom. The number of benzene rings is 1. The van der Waals surface area contributed by atoms with E-state index in [0.29, 0.717) is 23.5 Å². The van der Waals surface area contributed by atoms with Crippen molar-refractivity contribution >= 4 is 34.4 Å². The maximum Gasteiger partial charge on any atom is 0.256 e. The molecule has 1 aromatic carbocycles. The van der Waals surface area contributed by atoms with E-state index in [-0.39, 0.29) is 23.4 Å². The Hall–Kier alpha value is -4.51. The lowest BCUT2D eigenvalue weighted by atomic mass is 9.91. The van der Waals surface area contributed by atoms with E-state index in [9.17, 15) is 9.59 Å². The van der Waals surface area contributed by atoms with E-state index in [1.807, 2.05) is 37.3 Å². The highest BCUT2D eigenvalue weighted by Crippen LogP contribution is 2.36. The number of rotatable bonds is 5. The smallest absolute Gasteiger partial charge is 0.256 e. The summed E-state index contributed by atoms with van der Waals surface area (Å²) in [6, 6.07) is 13.0. The molecule has 1 fully saturated rings. The van der Waals surface area contributed by atoms with E-state index in [2.05, 4.69) is 25.9 Å². The molecule has 1 aliphatic carbocycles. The van der Waals surface area contributed by atoms with Crippen LogP contribution < -0.4 is 16.0 Å². The van der Waals surface area contributed by atoms with Gasteiger partial charge in [0.05, 0.1) is 23.8 Å². The second-order valence-corrected chi connectivity index (χ2v) is 8.49. The quantitative estimate of drug-likeness (QED) is 0.536. The van der Waals surface area contributed by atoms with Gasteiger partial charge in [-0.15, -0.1) is 0 Å². The van der Waals surface area contributed by atoms with Crippen LogP contribution in [0, 0.1) is 17.2 Å². The van der Waals surface area contributed by atoms with E-state index in [4.69, 9.17) is 5.26 Å². The van der Waals surface area contributed by atoms with Gasteiger partial charge in [0, 0.05) is 41.0 Å². The first-order valence-corrected chi connectivity index (χ1v) is 11.0. The van der Waals surface area contributed by atoms with Crippen molar-refractivity contribution < 1.29 is 9.59 Å². The SMILES string of the molecule is CC1=C(C(=O)Nc2ccc(C#N)nc2)c2cc(-c3cncc(NC(=O)C4CC4)c3)ccc2NC1. The molecule has 0 atom stereocenters. The number of nitrogens with zero attached hydrogens (tertiary/aromatic N) is 3. The second kappa shape index (κ2) is 8.79. The molecule has 5 rings (SSSR count). The van der Waals surface area contributed by atoms with E-state index in [0.717, 1.165) is 40.8 Å². The molecule has 3 N–H and O–H groups in total. The zero-order chi connectivity index (χ0) is 23.7. The highest BCUT2D eigenvalue weighted by atomic mass is 16.2. The molecule has 8 nitrogen and oxygen atoms in total. The molecule has 2 aromatic heterocycles. The molecule has 1 saturated carbocycles. The third-order valence-corrected chi connectivity index (χ3v) is 5.91. The number of amides is 2. The molecule has 2 amide bonds. The fourth-order valence-electron chi connectivity index (χ4n) is 3.93. The van der Waals surface area contributed by atoms with E-state index in [1.54, 1.807) is 24.5 Å². The lowest BCUT2D eigenvalue weighted by molar-refractivity contribution is -0.117. The van der Waals surface area contributed by atoms with Gasteiger partial charge in [-0.2, -0.15) is 5.26 Å². The molecule has 0 saturated heterocycles. The van der Waals surface area contributed by atoms with Crippen molar-refractivity contribution in [2.75, 3.05) is 22.5 Å². The van der Waals surface area contributed by atoms with Crippen molar-refractivity contribution in [1.29, 1.82) is 5.26 Å². The van der Waals surface area contributed by atoms with Crippen LogP contribution in [-0.2, 0) is 9.59 Å². The molecule has 168 valence electrons. The number of hydrogen-bond donors (Lipinski definition) is 3. The van der Waals surface area contributed by atoms with Crippen molar-refractivity contribution in [2.45, 2.75) is 19.8 Å². The number of fused-ring (bicyclic) bond motifs is 1.